The van der Waals surface area contributed by atoms with Crippen LogP contribution in [0.15, 0.2) is 66.7 Å². The first-order valence-electron chi connectivity index (χ1n) is 10.1. The number of esters is 1. The summed E-state index contributed by atoms with van der Waals surface area (Å²) in [6.07, 6.45) is -1.09. The van der Waals surface area contributed by atoms with E-state index in [0.29, 0.717) is 17.0 Å². The lowest BCUT2D eigenvalue weighted by Crippen LogP contribution is -2.28. The maximum absolute atomic E-state index is 13.0. The molecule has 0 saturated heterocycles. The van der Waals surface area contributed by atoms with Gasteiger partial charge in [0.15, 0.2) is 6.61 Å². The zero-order valence-corrected chi connectivity index (χ0v) is 18.3. The molecule has 0 heterocycles. The van der Waals surface area contributed by atoms with E-state index in [4.69, 9.17) is 9.47 Å². The van der Waals surface area contributed by atoms with Gasteiger partial charge in [-0.2, -0.15) is 0 Å². The summed E-state index contributed by atoms with van der Waals surface area (Å²) in [7, 11) is 0. The fourth-order valence-electron chi connectivity index (χ4n) is 3.48. The Labute approximate surface area is 183 Å². The zero-order chi connectivity index (χ0) is 22.4. The maximum Gasteiger partial charge on any atom is 0.345 e. The fourth-order valence-corrected chi connectivity index (χ4v) is 3.48. The summed E-state index contributed by atoms with van der Waals surface area (Å²) in [5, 5.41) is 2.86. The Balaban J connectivity index is 1.72. The van der Waals surface area contributed by atoms with Crippen LogP contribution in [0, 0.1) is 27.7 Å². The largest absolute Gasteiger partial charge is 0.482 e. The highest BCUT2D eigenvalue weighted by Gasteiger charge is 2.25. The van der Waals surface area contributed by atoms with Crippen LogP contribution in [0.1, 0.15) is 33.9 Å². The van der Waals surface area contributed by atoms with Gasteiger partial charge in [-0.25, -0.2) is 4.79 Å². The summed E-state index contributed by atoms with van der Waals surface area (Å²) in [4.78, 5) is 25.5. The molecule has 160 valence electrons. The number of ether oxygens (including phenoxy) is 2. The van der Waals surface area contributed by atoms with E-state index in [1.807, 2.05) is 70.2 Å². The fraction of sp³-hybridized carbons (Fsp3) is 0.231. The number of aryl methyl sites for hydroxylation is 4. The molecule has 31 heavy (non-hydrogen) atoms. The van der Waals surface area contributed by atoms with Crippen LogP contribution in [0.2, 0.25) is 0 Å². The van der Waals surface area contributed by atoms with E-state index in [9.17, 15) is 9.59 Å². The van der Waals surface area contributed by atoms with Gasteiger partial charge in [0.2, 0.25) is 6.10 Å². The van der Waals surface area contributed by atoms with Gasteiger partial charge < -0.3 is 14.8 Å². The third kappa shape index (κ3) is 6.44. The van der Waals surface area contributed by atoms with E-state index in [2.05, 4.69) is 5.32 Å². The van der Waals surface area contributed by atoms with Crippen molar-refractivity contribution in [3.63, 3.8) is 0 Å². The van der Waals surface area contributed by atoms with Crippen LogP contribution in [0.3, 0.4) is 0 Å². The van der Waals surface area contributed by atoms with Gasteiger partial charge in [0.25, 0.3) is 5.91 Å². The van der Waals surface area contributed by atoms with E-state index >= 15 is 0 Å². The van der Waals surface area contributed by atoms with Gasteiger partial charge in [0.1, 0.15) is 5.75 Å². The van der Waals surface area contributed by atoms with Crippen LogP contribution >= 0.6 is 0 Å². The summed E-state index contributed by atoms with van der Waals surface area (Å²) in [5.74, 6) is -0.454. The van der Waals surface area contributed by atoms with Crippen molar-refractivity contribution in [2.45, 2.75) is 33.8 Å². The highest BCUT2D eigenvalue weighted by atomic mass is 16.6. The van der Waals surface area contributed by atoms with Gasteiger partial charge in [0.05, 0.1) is 0 Å². The van der Waals surface area contributed by atoms with Crippen molar-refractivity contribution in [1.29, 1.82) is 0 Å². The number of amides is 1. The molecule has 1 atom stereocenters. The van der Waals surface area contributed by atoms with E-state index in [0.717, 1.165) is 22.3 Å². The molecule has 0 saturated carbocycles. The third-order valence-electron chi connectivity index (χ3n) is 4.63. The monoisotopic (exact) mass is 417 g/mol. The van der Waals surface area contributed by atoms with Crippen molar-refractivity contribution in [3.8, 4) is 5.75 Å². The molecule has 0 radical (unpaired) electrons. The molecule has 1 amide bonds. The average molecular weight is 418 g/mol. The Hall–Kier alpha value is -3.60. The quantitative estimate of drug-likeness (QED) is 0.535. The Bertz CT molecular complexity index is 1040. The third-order valence-corrected chi connectivity index (χ3v) is 4.63. The number of carbonyl (C=O) groups is 2. The average Bonchev–Trinajstić information content (AvgIpc) is 2.69. The first-order chi connectivity index (χ1) is 14.8. The van der Waals surface area contributed by atoms with Crippen LogP contribution in [0.25, 0.3) is 0 Å². The number of anilines is 1. The van der Waals surface area contributed by atoms with Crippen LogP contribution in [-0.4, -0.2) is 18.5 Å². The van der Waals surface area contributed by atoms with E-state index in [-0.39, 0.29) is 6.61 Å². The number of nitrogens with one attached hydrogen (secondary N) is 1. The van der Waals surface area contributed by atoms with Crippen LogP contribution in [0.4, 0.5) is 5.69 Å². The Morgan fingerprint density at radius 1 is 0.806 bits per heavy atom. The van der Waals surface area contributed by atoms with Crippen LogP contribution in [-0.2, 0) is 14.3 Å². The number of benzene rings is 3. The molecule has 3 aromatic rings. The Morgan fingerprint density at radius 2 is 1.35 bits per heavy atom. The van der Waals surface area contributed by atoms with E-state index in [1.54, 1.807) is 24.3 Å². The summed E-state index contributed by atoms with van der Waals surface area (Å²) < 4.78 is 11.1. The number of carbonyl (C=O) groups excluding carboxylic acids is 2. The van der Waals surface area contributed by atoms with Gasteiger partial charge in [0, 0.05) is 11.3 Å². The highest BCUT2D eigenvalue weighted by Crippen LogP contribution is 2.22. The highest BCUT2D eigenvalue weighted by molar-refractivity contribution is 5.96. The molecule has 0 unspecified atom stereocenters. The molecular weight excluding hydrogens is 390 g/mol. The Morgan fingerprint density at radius 3 is 1.94 bits per heavy atom. The second-order valence-electron chi connectivity index (χ2n) is 7.76. The molecule has 5 heteroatoms. The van der Waals surface area contributed by atoms with Gasteiger partial charge >= 0.3 is 5.97 Å². The summed E-state index contributed by atoms with van der Waals surface area (Å²) in [5.41, 5.74) is 5.39. The smallest absolute Gasteiger partial charge is 0.345 e. The topological polar surface area (TPSA) is 64.6 Å². The second-order valence-corrected chi connectivity index (χ2v) is 7.76. The number of rotatable bonds is 7. The van der Waals surface area contributed by atoms with Crippen molar-refractivity contribution in [1.82, 2.24) is 0 Å². The SMILES string of the molecule is Cc1cc(C)cc(NC(=O)[C@@H](OC(=O)COc2cc(C)cc(C)c2)c2ccccc2)c1. The lowest BCUT2D eigenvalue weighted by Gasteiger charge is -2.19. The molecule has 0 aromatic heterocycles. The second kappa shape index (κ2) is 9.94. The van der Waals surface area contributed by atoms with E-state index < -0.39 is 18.0 Å². The van der Waals surface area contributed by atoms with Crippen molar-refractivity contribution in [2.24, 2.45) is 0 Å². The summed E-state index contributed by atoms with van der Waals surface area (Å²) >= 11 is 0. The standard InChI is InChI=1S/C26H27NO4/c1-17-10-18(2)13-22(12-17)27-26(29)25(21-8-6-5-7-9-21)31-24(28)16-30-23-14-19(3)11-20(4)15-23/h5-15,25H,16H2,1-4H3,(H,27,29)/t25-/m0/s1. The Kier molecular flexibility index (Phi) is 7.08. The molecule has 1 N–H and O–H groups in total. The first-order valence-corrected chi connectivity index (χ1v) is 10.1. The predicted octanol–water partition coefficient (Wildman–Crippen LogP) is 5.22. The minimum absolute atomic E-state index is 0.289. The zero-order valence-electron chi connectivity index (χ0n) is 18.3. The van der Waals surface area contributed by atoms with Gasteiger partial charge in [-0.1, -0.05) is 42.5 Å². The van der Waals surface area contributed by atoms with Crippen molar-refractivity contribution in [3.05, 3.63) is 94.5 Å². The van der Waals surface area contributed by atoms with Gasteiger partial charge in [-0.15, -0.1) is 0 Å². The predicted molar refractivity (Wildman–Crippen MR) is 121 cm³/mol. The lowest BCUT2D eigenvalue weighted by molar-refractivity contribution is -0.156. The van der Waals surface area contributed by atoms with Crippen LogP contribution in [0.5, 0.6) is 5.75 Å². The molecule has 0 bridgehead atoms. The number of hydrogen-bond donors (Lipinski definition) is 1. The maximum atomic E-state index is 13.0. The van der Waals surface area contributed by atoms with Crippen LogP contribution < -0.4 is 10.1 Å². The lowest BCUT2D eigenvalue weighted by atomic mass is 10.1. The molecule has 0 spiro atoms. The van der Waals surface area contributed by atoms with Gasteiger partial charge in [-0.05, 0) is 74.2 Å². The molecule has 0 aliphatic rings. The molecule has 0 aliphatic carbocycles. The number of hydrogen-bond acceptors (Lipinski definition) is 4. The molecule has 0 fully saturated rings. The minimum atomic E-state index is -1.09. The van der Waals surface area contributed by atoms with Gasteiger partial charge in [-0.3, -0.25) is 4.79 Å². The molecule has 5 nitrogen and oxygen atoms in total. The molecule has 0 aliphatic heterocycles. The van der Waals surface area contributed by atoms with Crippen molar-refractivity contribution >= 4 is 17.6 Å². The van der Waals surface area contributed by atoms with E-state index in [1.165, 1.54) is 0 Å². The summed E-state index contributed by atoms with van der Waals surface area (Å²) in [6.45, 7) is 7.55. The first kappa shape index (κ1) is 22.1. The molecular formula is C26H27NO4. The summed E-state index contributed by atoms with van der Waals surface area (Å²) in [6, 6.07) is 20.4. The van der Waals surface area contributed by atoms with Crippen molar-refractivity contribution in [2.75, 3.05) is 11.9 Å². The molecule has 3 rings (SSSR count). The normalized spacial score (nSPS) is 11.5. The minimum Gasteiger partial charge on any atom is -0.482 e. The van der Waals surface area contributed by atoms with Crippen molar-refractivity contribution < 1.29 is 19.1 Å². The molecule has 3 aromatic carbocycles.